The molecular formula is C27H24F5NO5. The summed E-state index contributed by atoms with van der Waals surface area (Å²) >= 11 is 0. The normalized spacial score (nSPS) is 14.9. The molecule has 0 aromatic heterocycles. The molecule has 3 aromatic carbocycles. The molecule has 1 amide bonds. The Morgan fingerprint density at radius 2 is 1.74 bits per heavy atom. The van der Waals surface area contributed by atoms with Crippen molar-refractivity contribution in [1.82, 2.24) is 5.32 Å². The molecule has 0 bridgehead atoms. The lowest BCUT2D eigenvalue weighted by atomic mass is 9.95. The molecule has 2 unspecified atom stereocenters. The van der Waals surface area contributed by atoms with Crippen LogP contribution >= 0.6 is 0 Å². The Balaban J connectivity index is 1.62. The predicted molar refractivity (Wildman–Crippen MR) is 126 cm³/mol. The van der Waals surface area contributed by atoms with Crippen LogP contribution in [0.5, 0.6) is 17.2 Å². The van der Waals surface area contributed by atoms with Crippen LogP contribution < -0.4 is 19.5 Å². The second-order valence-corrected chi connectivity index (χ2v) is 8.58. The lowest BCUT2D eigenvalue weighted by molar-refractivity contribution is -0.253. The minimum atomic E-state index is -4.70. The van der Waals surface area contributed by atoms with Gasteiger partial charge in [0.2, 0.25) is 0 Å². The van der Waals surface area contributed by atoms with Gasteiger partial charge in [-0.1, -0.05) is 30.3 Å². The Labute approximate surface area is 214 Å². The molecular weight excluding hydrogens is 513 g/mol. The average molecular weight is 537 g/mol. The van der Waals surface area contributed by atoms with Crippen molar-refractivity contribution in [1.29, 1.82) is 0 Å². The molecule has 0 aliphatic carbocycles. The number of carbonyl (C=O) groups excluding carboxylic acids is 1. The van der Waals surface area contributed by atoms with E-state index in [9.17, 15) is 31.9 Å². The highest BCUT2D eigenvalue weighted by Gasteiger charge is 2.44. The lowest BCUT2D eigenvalue weighted by Gasteiger charge is -2.26. The Morgan fingerprint density at radius 1 is 1.03 bits per heavy atom. The first-order valence-electron chi connectivity index (χ1n) is 11.7. The van der Waals surface area contributed by atoms with Crippen molar-refractivity contribution in [2.24, 2.45) is 0 Å². The van der Waals surface area contributed by atoms with E-state index in [-0.39, 0.29) is 23.3 Å². The van der Waals surface area contributed by atoms with E-state index >= 15 is 0 Å². The summed E-state index contributed by atoms with van der Waals surface area (Å²) in [6.45, 7) is 0.738. The van der Waals surface area contributed by atoms with Crippen LogP contribution in [0, 0.1) is 5.82 Å². The van der Waals surface area contributed by atoms with Gasteiger partial charge in [0.1, 0.15) is 11.6 Å². The number of ether oxygens (including phenoxy) is 3. The Kier molecular flexibility index (Phi) is 8.35. The number of carbonyl (C=O) groups is 1. The first-order chi connectivity index (χ1) is 18.1. The van der Waals surface area contributed by atoms with Gasteiger partial charge in [-0.2, -0.15) is 17.6 Å². The van der Waals surface area contributed by atoms with Crippen LogP contribution in [0.15, 0.2) is 66.7 Å². The fourth-order valence-corrected chi connectivity index (χ4v) is 3.94. The van der Waals surface area contributed by atoms with Gasteiger partial charge in [0.15, 0.2) is 11.5 Å². The maximum absolute atomic E-state index is 13.5. The first-order valence-corrected chi connectivity index (χ1v) is 11.7. The summed E-state index contributed by atoms with van der Waals surface area (Å²) in [7, 11) is 0. The zero-order chi connectivity index (χ0) is 27.3. The monoisotopic (exact) mass is 537 g/mol. The molecule has 1 heterocycles. The Morgan fingerprint density at radius 3 is 2.47 bits per heavy atom. The largest absolute Gasteiger partial charge is 0.490 e. The molecule has 0 saturated carbocycles. The molecule has 3 aromatic rings. The minimum Gasteiger partial charge on any atom is -0.490 e. The summed E-state index contributed by atoms with van der Waals surface area (Å²) in [5.74, 6) is -1.04. The number of aliphatic hydroxyl groups excluding tert-OH is 1. The zero-order valence-electron chi connectivity index (χ0n) is 19.9. The maximum atomic E-state index is 13.5. The van der Waals surface area contributed by atoms with Gasteiger partial charge in [-0.05, 0) is 53.9 Å². The smallest absolute Gasteiger partial charge is 0.461 e. The van der Waals surface area contributed by atoms with E-state index < -0.39 is 42.2 Å². The molecule has 38 heavy (non-hydrogen) atoms. The van der Waals surface area contributed by atoms with Crippen LogP contribution in [-0.2, 0) is 6.42 Å². The molecule has 2 atom stereocenters. The topological polar surface area (TPSA) is 77.0 Å². The van der Waals surface area contributed by atoms with Gasteiger partial charge < -0.3 is 24.6 Å². The Hall–Kier alpha value is -3.86. The van der Waals surface area contributed by atoms with Gasteiger partial charge in [-0.25, -0.2) is 4.39 Å². The summed E-state index contributed by atoms with van der Waals surface area (Å²) in [6, 6.07) is 13.7. The minimum absolute atomic E-state index is 0.117. The molecule has 2 N–H and O–H groups in total. The standard InChI is InChI=1S/C27H24F5NO5/c28-18-10-8-17(9-11-18)23(34)21(15-16-4-1-5-19(14-16)38-27(31,32)26(29)30)33-25(35)20-6-2-7-22-24(20)37-13-3-12-36-22/h1-2,4-11,14,21,23,26,34H,3,12-13,15H2,(H,33,35). The molecule has 0 radical (unpaired) electrons. The molecule has 0 spiro atoms. The summed E-state index contributed by atoms with van der Waals surface area (Å²) in [4.78, 5) is 13.3. The van der Waals surface area contributed by atoms with Gasteiger partial charge in [0.05, 0.1) is 30.9 Å². The van der Waals surface area contributed by atoms with Gasteiger partial charge >= 0.3 is 12.5 Å². The number of alkyl halides is 4. The fourth-order valence-electron chi connectivity index (χ4n) is 3.94. The number of nitrogens with one attached hydrogen (secondary N) is 1. The summed E-state index contributed by atoms with van der Waals surface area (Å²) < 4.78 is 80.9. The van der Waals surface area contributed by atoms with Gasteiger partial charge in [0, 0.05) is 6.42 Å². The van der Waals surface area contributed by atoms with E-state index in [1.165, 1.54) is 30.3 Å². The summed E-state index contributed by atoms with van der Waals surface area (Å²) in [6.07, 6.45) is -9.59. The second kappa shape index (κ2) is 11.7. The van der Waals surface area contributed by atoms with Crippen molar-refractivity contribution in [2.45, 2.75) is 37.5 Å². The van der Waals surface area contributed by atoms with Crippen molar-refractivity contribution in [3.05, 3.63) is 89.2 Å². The van der Waals surface area contributed by atoms with Gasteiger partial charge in [0.25, 0.3) is 5.91 Å². The molecule has 11 heteroatoms. The molecule has 0 fully saturated rings. The third kappa shape index (κ3) is 6.52. The second-order valence-electron chi connectivity index (χ2n) is 8.58. The van der Waals surface area contributed by atoms with Gasteiger partial charge in [-0.3, -0.25) is 4.79 Å². The molecule has 6 nitrogen and oxygen atoms in total. The van der Waals surface area contributed by atoms with E-state index in [1.807, 2.05) is 0 Å². The average Bonchev–Trinajstić information content (AvgIpc) is 3.14. The van der Waals surface area contributed by atoms with E-state index in [2.05, 4.69) is 10.1 Å². The molecule has 1 aliphatic rings. The number of amides is 1. The zero-order valence-corrected chi connectivity index (χ0v) is 19.9. The quantitative estimate of drug-likeness (QED) is 0.363. The highest BCUT2D eigenvalue weighted by Crippen LogP contribution is 2.34. The number of halogens is 5. The van der Waals surface area contributed by atoms with Crippen molar-refractivity contribution in [3.8, 4) is 17.2 Å². The highest BCUT2D eigenvalue weighted by atomic mass is 19.3. The van der Waals surface area contributed by atoms with Crippen LogP contribution in [0.4, 0.5) is 22.0 Å². The van der Waals surface area contributed by atoms with Crippen molar-refractivity contribution in [3.63, 3.8) is 0 Å². The number of hydrogen-bond donors (Lipinski definition) is 2. The van der Waals surface area contributed by atoms with Crippen LogP contribution in [0.3, 0.4) is 0 Å². The molecule has 0 saturated heterocycles. The summed E-state index contributed by atoms with van der Waals surface area (Å²) in [5.41, 5.74) is 0.722. The fraction of sp³-hybridized carbons (Fsp3) is 0.296. The highest BCUT2D eigenvalue weighted by molar-refractivity contribution is 5.98. The SMILES string of the molecule is O=C(NC(Cc1cccc(OC(F)(F)C(F)F)c1)C(O)c1ccc(F)cc1)c1cccc2c1OCCCO2. The third-order valence-electron chi connectivity index (χ3n) is 5.79. The maximum Gasteiger partial charge on any atom is 0.461 e. The lowest BCUT2D eigenvalue weighted by Crippen LogP contribution is -2.41. The van der Waals surface area contributed by atoms with E-state index in [4.69, 9.17) is 9.47 Å². The molecule has 1 aliphatic heterocycles. The number of aliphatic hydroxyl groups is 1. The third-order valence-corrected chi connectivity index (χ3v) is 5.79. The molecule has 202 valence electrons. The van der Waals surface area contributed by atoms with E-state index in [0.717, 1.165) is 24.3 Å². The first kappa shape index (κ1) is 27.2. The van der Waals surface area contributed by atoms with Crippen LogP contribution in [0.25, 0.3) is 0 Å². The number of fused-ring (bicyclic) bond motifs is 1. The number of hydrogen-bond acceptors (Lipinski definition) is 5. The van der Waals surface area contributed by atoms with Crippen LogP contribution in [-0.4, -0.2) is 42.8 Å². The van der Waals surface area contributed by atoms with Crippen molar-refractivity contribution >= 4 is 5.91 Å². The van der Waals surface area contributed by atoms with Crippen molar-refractivity contribution in [2.75, 3.05) is 13.2 Å². The van der Waals surface area contributed by atoms with E-state index in [0.29, 0.717) is 30.9 Å². The predicted octanol–water partition coefficient (Wildman–Crippen LogP) is 5.30. The van der Waals surface area contributed by atoms with Crippen molar-refractivity contribution < 1.29 is 46.1 Å². The Bertz CT molecular complexity index is 1250. The number of rotatable bonds is 9. The van der Waals surface area contributed by atoms with Crippen LogP contribution in [0.1, 0.15) is 34.0 Å². The van der Waals surface area contributed by atoms with Gasteiger partial charge in [-0.15, -0.1) is 0 Å². The van der Waals surface area contributed by atoms with E-state index in [1.54, 1.807) is 12.1 Å². The number of para-hydroxylation sites is 1. The van der Waals surface area contributed by atoms with Crippen LogP contribution in [0.2, 0.25) is 0 Å². The summed E-state index contributed by atoms with van der Waals surface area (Å²) in [5, 5.41) is 13.8. The molecule has 4 rings (SSSR count). The number of benzene rings is 3.